The van der Waals surface area contributed by atoms with Crippen molar-refractivity contribution < 1.29 is 45.1 Å². The van der Waals surface area contributed by atoms with Crippen molar-refractivity contribution in [2.75, 3.05) is 9.80 Å². The van der Waals surface area contributed by atoms with E-state index in [2.05, 4.69) is 20.5 Å². The minimum atomic E-state index is -4.45. The Morgan fingerprint density at radius 3 is 1.03 bits per heavy atom. The first-order valence-corrected chi connectivity index (χ1v) is 20.0. The van der Waals surface area contributed by atoms with Crippen LogP contribution >= 0.6 is 0 Å². The second-order valence-corrected chi connectivity index (χ2v) is 16.1. The quantitative estimate of drug-likeness (QED) is 0.0846. The second kappa shape index (κ2) is 13.8. The normalized spacial score (nSPS) is 14.4. The molecule has 58 heavy (non-hydrogen) atoms. The molecule has 0 aliphatic carbocycles. The minimum absolute atomic E-state index is 0.110. The number of amides is 4. The van der Waals surface area contributed by atoms with Crippen LogP contribution in [0.15, 0.2) is 139 Å². The molecule has 2 heterocycles. The van der Waals surface area contributed by atoms with Gasteiger partial charge in [-0.15, -0.1) is 0 Å². The smallest absolute Gasteiger partial charge is 0.282 e. The molecule has 4 amide bonds. The van der Waals surface area contributed by atoms with E-state index in [1.165, 1.54) is 84.9 Å². The molecule has 0 atom stereocenters. The lowest BCUT2D eigenvalue weighted by Crippen LogP contribution is -2.43. The largest absolute Gasteiger partial charge is 0.294 e. The third kappa shape index (κ3) is 6.54. The molecule has 0 unspecified atom stereocenters. The zero-order valence-electron chi connectivity index (χ0n) is 30.1. The standard InChI is InChI=1S/C40H26N6O10S2/c1-21-17-25(43-41-23-5-3-7-27(19-23)57(51,52)53)9-15-33(21)45-37(47)29-11-13-31-36-32(14-12-30(35(29)36)38(45)48)40(50)46(39(31)49)34-16-10-26(18-22(34)2)44-42-24-6-4-8-28(20-24)58(54,55)56/h3-20H,1-2H3,(H,51,52,53)(H,54,55,56). The Labute approximate surface area is 329 Å². The number of hydrogen-bond acceptors (Lipinski definition) is 12. The molecule has 0 spiro atoms. The van der Waals surface area contributed by atoms with E-state index < -0.39 is 43.9 Å². The number of azo groups is 2. The average molecular weight is 815 g/mol. The van der Waals surface area contributed by atoms with Gasteiger partial charge in [-0.3, -0.25) is 28.3 Å². The molecule has 0 saturated carbocycles. The van der Waals surface area contributed by atoms with Crippen LogP contribution in [0.1, 0.15) is 52.6 Å². The molecule has 16 nitrogen and oxygen atoms in total. The molecule has 6 aromatic carbocycles. The maximum atomic E-state index is 14.1. The van der Waals surface area contributed by atoms with Gasteiger partial charge in [0, 0.05) is 33.0 Å². The molecule has 8 rings (SSSR count). The Kier molecular flexibility index (Phi) is 9.00. The molecule has 6 aromatic rings. The summed E-state index contributed by atoms with van der Waals surface area (Å²) in [5.41, 5.74) is 2.89. The molecule has 0 radical (unpaired) electrons. The summed E-state index contributed by atoms with van der Waals surface area (Å²) in [6.45, 7) is 3.33. The molecular formula is C40H26N6O10S2. The Morgan fingerprint density at radius 2 is 0.741 bits per heavy atom. The topological polar surface area (TPSA) is 233 Å². The highest BCUT2D eigenvalue weighted by Gasteiger charge is 2.41. The van der Waals surface area contributed by atoms with Gasteiger partial charge in [-0.1, -0.05) is 12.1 Å². The Bertz CT molecular complexity index is 2870. The van der Waals surface area contributed by atoms with Gasteiger partial charge in [-0.2, -0.15) is 37.3 Å². The van der Waals surface area contributed by atoms with Gasteiger partial charge in [0.1, 0.15) is 0 Å². The van der Waals surface area contributed by atoms with E-state index in [1.807, 2.05) is 0 Å². The van der Waals surface area contributed by atoms with E-state index in [0.29, 0.717) is 22.5 Å². The van der Waals surface area contributed by atoms with Gasteiger partial charge in [0.05, 0.1) is 43.9 Å². The van der Waals surface area contributed by atoms with Gasteiger partial charge in [0.15, 0.2) is 0 Å². The van der Waals surface area contributed by atoms with E-state index in [-0.39, 0.29) is 65.6 Å². The van der Waals surface area contributed by atoms with E-state index in [1.54, 1.807) is 26.0 Å². The zero-order valence-corrected chi connectivity index (χ0v) is 31.7. The summed E-state index contributed by atoms with van der Waals surface area (Å²) < 4.78 is 64.6. The average Bonchev–Trinajstić information content (AvgIpc) is 3.18. The van der Waals surface area contributed by atoms with Crippen LogP contribution in [0.4, 0.5) is 34.1 Å². The van der Waals surface area contributed by atoms with Crippen LogP contribution in [-0.2, 0) is 20.2 Å². The van der Waals surface area contributed by atoms with Gasteiger partial charge in [0.25, 0.3) is 43.9 Å². The van der Waals surface area contributed by atoms with Gasteiger partial charge in [-0.05, 0) is 122 Å². The highest BCUT2D eigenvalue weighted by Crippen LogP contribution is 2.42. The van der Waals surface area contributed by atoms with Crippen molar-refractivity contribution in [1.29, 1.82) is 0 Å². The third-order valence-corrected chi connectivity index (χ3v) is 11.2. The van der Waals surface area contributed by atoms with Gasteiger partial charge >= 0.3 is 0 Å². The van der Waals surface area contributed by atoms with E-state index in [4.69, 9.17) is 0 Å². The lowest BCUT2D eigenvalue weighted by molar-refractivity contribution is 0.0873. The van der Waals surface area contributed by atoms with Crippen LogP contribution in [0, 0.1) is 13.8 Å². The molecule has 288 valence electrons. The maximum Gasteiger partial charge on any atom is 0.294 e. The van der Waals surface area contributed by atoms with E-state index in [9.17, 15) is 45.1 Å². The number of carbonyl (C=O) groups is 4. The predicted octanol–water partition coefficient (Wildman–Crippen LogP) is 8.38. The number of imide groups is 2. The molecule has 2 N–H and O–H groups in total. The molecule has 0 saturated heterocycles. The van der Waals surface area contributed by atoms with Gasteiger partial charge in [0.2, 0.25) is 0 Å². The number of anilines is 2. The number of nitrogens with zero attached hydrogens (tertiary/aromatic N) is 6. The molecular weight excluding hydrogens is 789 g/mol. The molecule has 0 bridgehead atoms. The number of rotatable bonds is 8. The summed E-state index contributed by atoms with van der Waals surface area (Å²) in [5, 5.41) is 16.7. The van der Waals surface area contributed by atoms with E-state index >= 15 is 0 Å². The number of aryl methyl sites for hydroxylation is 2. The fourth-order valence-corrected chi connectivity index (χ4v) is 7.90. The van der Waals surface area contributed by atoms with Crippen molar-refractivity contribution >= 4 is 88.8 Å². The van der Waals surface area contributed by atoms with Crippen LogP contribution in [0.2, 0.25) is 0 Å². The molecule has 18 heteroatoms. The monoisotopic (exact) mass is 814 g/mol. The van der Waals surface area contributed by atoms with Crippen molar-refractivity contribution in [1.82, 2.24) is 0 Å². The summed E-state index contributed by atoms with van der Waals surface area (Å²) in [4.78, 5) is 57.7. The fraction of sp³-hybridized carbons (Fsp3) is 0.0500. The fourth-order valence-electron chi connectivity index (χ4n) is 6.86. The maximum absolute atomic E-state index is 14.1. The third-order valence-electron chi connectivity index (χ3n) is 9.53. The Morgan fingerprint density at radius 1 is 0.431 bits per heavy atom. The van der Waals surface area contributed by atoms with E-state index in [0.717, 1.165) is 21.9 Å². The first kappa shape index (κ1) is 37.8. The van der Waals surface area contributed by atoms with Crippen molar-refractivity contribution in [3.63, 3.8) is 0 Å². The second-order valence-electron chi connectivity index (χ2n) is 13.2. The van der Waals surface area contributed by atoms with Crippen LogP contribution < -0.4 is 9.80 Å². The van der Waals surface area contributed by atoms with Gasteiger partial charge in [-0.25, -0.2) is 9.80 Å². The van der Waals surface area contributed by atoms with Gasteiger partial charge < -0.3 is 0 Å². The first-order chi connectivity index (χ1) is 27.5. The van der Waals surface area contributed by atoms with Crippen LogP contribution in [0.5, 0.6) is 0 Å². The molecule has 2 aliphatic rings. The number of hydrogen-bond donors (Lipinski definition) is 2. The summed E-state index contributed by atoms with van der Waals surface area (Å²) >= 11 is 0. The van der Waals surface area contributed by atoms with Crippen molar-refractivity contribution in [2.24, 2.45) is 20.5 Å². The molecule has 0 fully saturated rings. The van der Waals surface area contributed by atoms with Crippen molar-refractivity contribution in [3.8, 4) is 0 Å². The summed E-state index contributed by atoms with van der Waals surface area (Å²) in [6, 6.07) is 25.5. The number of benzene rings is 6. The summed E-state index contributed by atoms with van der Waals surface area (Å²) in [5.74, 6) is -2.69. The molecule has 0 aromatic heterocycles. The lowest BCUT2D eigenvalue weighted by Gasteiger charge is -2.32. The summed E-state index contributed by atoms with van der Waals surface area (Å²) in [7, 11) is -8.89. The minimum Gasteiger partial charge on any atom is -0.282 e. The highest BCUT2D eigenvalue weighted by atomic mass is 32.2. The van der Waals surface area contributed by atoms with Crippen LogP contribution in [-0.4, -0.2) is 49.6 Å². The SMILES string of the molecule is Cc1cc(N=Nc2cccc(S(=O)(=O)O)c2)ccc1N1C(=O)c2ccc3c4c(ccc(c24)C1=O)C(=O)N(c1ccc(N=Nc2cccc(S(=O)(=O)O)c2)cc1C)C3=O. The zero-order chi connectivity index (χ0) is 41.3. The highest BCUT2D eigenvalue weighted by molar-refractivity contribution is 7.86. The Balaban J connectivity index is 1.08. The summed E-state index contributed by atoms with van der Waals surface area (Å²) in [6.07, 6.45) is 0. The molecule has 2 aliphatic heterocycles. The first-order valence-electron chi connectivity index (χ1n) is 17.1. The van der Waals surface area contributed by atoms with Crippen molar-refractivity contribution in [3.05, 3.63) is 143 Å². The predicted molar refractivity (Wildman–Crippen MR) is 209 cm³/mol. The lowest BCUT2D eigenvalue weighted by atomic mass is 9.85. The Hall–Kier alpha value is -7.12. The van der Waals surface area contributed by atoms with Crippen LogP contribution in [0.25, 0.3) is 10.8 Å². The van der Waals surface area contributed by atoms with Crippen LogP contribution in [0.3, 0.4) is 0 Å². The van der Waals surface area contributed by atoms with Crippen molar-refractivity contribution in [2.45, 2.75) is 23.6 Å². The number of carbonyl (C=O) groups excluding carboxylic acids is 4.